The summed E-state index contributed by atoms with van der Waals surface area (Å²) in [5.41, 5.74) is 1.52. The smallest absolute Gasteiger partial charge is 0.191 e. The Hall–Kier alpha value is -0.720. The van der Waals surface area contributed by atoms with Crippen molar-refractivity contribution in [3.8, 4) is 0 Å². The zero-order chi connectivity index (χ0) is 17.0. The maximum atomic E-state index is 4.39. The van der Waals surface area contributed by atoms with Crippen LogP contribution >= 0.6 is 23.1 Å². The minimum absolute atomic E-state index is 0.367. The second kappa shape index (κ2) is 8.11. The molecule has 3 rings (SSSR count). The number of aliphatic imine (C=N–C) groups is 1. The van der Waals surface area contributed by atoms with Crippen LogP contribution in [-0.2, 0) is 13.0 Å². The van der Waals surface area contributed by atoms with Gasteiger partial charge in [-0.25, -0.2) is 0 Å². The molecule has 6 heteroatoms. The van der Waals surface area contributed by atoms with Crippen molar-refractivity contribution in [3.05, 3.63) is 21.9 Å². The molecule has 3 heterocycles. The number of hydrogen-bond acceptors (Lipinski definition) is 4. The van der Waals surface area contributed by atoms with Gasteiger partial charge in [-0.15, -0.1) is 11.3 Å². The van der Waals surface area contributed by atoms with E-state index in [1.54, 1.807) is 4.88 Å². The van der Waals surface area contributed by atoms with Gasteiger partial charge in [0.25, 0.3) is 0 Å². The van der Waals surface area contributed by atoms with Crippen LogP contribution < -0.4 is 10.6 Å². The number of nitrogens with zero attached hydrogens (tertiary/aromatic N) is 2. The van der Waals surface area contributed by atoms with Gasteiger partial charge in [0.15, 0.2) is 5.96 Å². The van der Waals surface area contributed by atoms with E-state index >= 15 is 0 Å². The summed E-state index contributed by atoms with van der Waals surface area (Å²) in [6.07, 6.45) is 3.83. The maximum absolute atomic E-state index is 4.39. The van der Waals surface area contributed by atoms with Crippen LogP contribution in [0.2, 0.25) is 0 Å². The third-order valence-corrected chi connectivity index (χ3v) is 7.74. The molecule has 2 unspecified atom stereocenters. The Morgan fingerprint density at radius 1 is 1.46 bits per heavy atom. The SMILES string of the molecule is CN=C(NCC(C)N1CCc2sccc2C1)NCC1(C)CCCS1. The van der Waals surface area contributed by atoms with Gasteiger partial charge in [0.1, 0.15) is 0 Å². The number of thioether (sulfide) groups is 1. The van der Waals surface area contributed by atoms with Crippen molar-refractivity contribution >= 4 is 29.1 Å². The van der Waals surface area contributed by atoms with Gasteiger partial charge in [-0.05, 0) is 55.9 Å². The minimum atomic E-state index is 0.367. The molecule has 2 aliphatic heterocycles. The van der Waals surface area contributed by atoms with E-state index in [9.17, 15) is 0 Å². The van der Waals surface area contributed by atoms with Gasteiger partial charge in [0.2, 0.25) is 0 Å². The number of thiophene rings is 1. The molecule has 1 saturated heterocycles. The van der Waals surface area contributed by atoms with E-state index in [-0.39, 0.29) is 0 Å². The highest BCUT2D eigenvalue weighted by molar-refractivity contribution is 8.00. The summed E-state index contributed by atoms with van der Waals surface area (Å²) in [4.78, 5) is 8.54. The number of fused-ring (bicyclic) bond motifs is 1. The molecule has 0 radical (unpaired) electrons. The largest absolute Gasteiger partial charge is 0.355 e. The molecule has 1 fully saturated rings. The van der Waals surface area contributed by atoms with Gasteiger partial charge in [-0.3, -0.25) is 9.89 Å². The number of guanidine groups is 1. The Balaban J connectivity index is 1.44. The van der Waals surface area contributed by atoms with Crippen LogP contribution in [0.5, 0.6) is 0 Å². The van der Waals surface area contributed by atoms with Crippen LogP contribution in [0.15, 0.2) is 16.4 Å². The molecule has 134 valence electrons. The summed E-state index contributed by atoms with van der Waals surface area (Å²) in [6.45, 7) is 8.85. The molecule has 0 amide bonds. The van der Waals surface area contributed by atoms with Crippen molar-refractivity contribution in [3.63, 3.8) is 0 Å². The van der Waals surface area contributed by atoms with Gasteiger partial charge < -0.3 is 10.6 Å². The van der Waals surface area contributed by atoms with Crippen molar-refractivity contribution in [1.29, 1.82) is 0 Å². The normalized spacial score (nSPS) is 26.2. The highest BCUT2D eigenvalue weighted by Gasteiger charge is 2.29. The fourth-order valence-electron chi connectivity index (χ4n) is 3.49. The van der Waals surface area contributed by atoms with Crippen molar-refractivity contribution in [2.75, 3.05) is 32.4 Å². The quantitative estimate of drug-likeness (QED) is 0.621. The number of hydrogen-bond donors (Lipinski definition) is 2. The van der Waals surface area contributed by atoms with Crippen LogP contribution in [0.25, 0.3) is 0 Å². The highest BCUT2D eigenvalue weighted by atomic mass is 32.2. The lowest BCUT2D eigenvalue weighted by molar-refractivity contribution is 0.192. The van der Waals surface area contributed by atoms with E-state index < -0.39 is 0 Å². The Labute approximate surface area is 154 Å². The minimum Gasteiger partial charge on any atom is -0.355 e. The van der Waals surface area contributed by atoms with Crippen molar-refractivity contribution < 1.29 is 0 Å². The van der Waals surface area contributed by atoms with Crippen molar-refractivity contribution in [2.24, 2.45) is 4.99 Å². The van der Waals surface area contributed by atoms with Crippen molar-refractivity contribution in [1.82, 2.24) is 15.5 Å². The van der Waals surface area contributed by atoms with Crippen LogP contribution in [0.3, 0.4) is 0 Å². The van der Waals surface area contributed by atoms with Gasteiger partial charge >= 0.3 is 0 Å². The summed E-state index contributed by atoms with van der Waals surface area (Å²) in [6, 6.07) is 2.79. The zero-order valence-corrected chi connectivity index (χ0v) is 16.7. The molecular weight excluding hydrogens is 336 g/mol. The average Bonchev–Trinajstić information content (AvgIpc) is 3.23. The predicted octanol–water partition coefficient (Wildman–Crippen LogP) is 2.95. The summed E-state index contributed by atoms with van der Waals surface area (Å²) in [5, 5.41) is 9.27. The van der Waals surface area contributed by atoms with E-state index in [2.05, 4.69) is 57.6 Å². The Morgan fingerprint density at radius 2 is 2.33 bits per heavy atom. The monoisotopic (exact) mass is 366 g/mol. The maximum Gasteiger partial charge on any atom is 0.191 e. The molecule has 0 saturated carbocycles. The first kappa shape index (κ1) is 18.1. The predicted molar refractivity (Wildman–Crippen MR) is 107 cm³/mol. The number of rotatable bonds is 5. The molecule has 4 nitrogen and oxygen atoms in total. The van der Waals surface area contributed by atoms with Crippen LogP contribution in [-0.4, -0.2) is 54.1 Å². The molecule has 2 atom stereocenters. The lowest BCUT2D eigenvalue weighted by Crippen LogP contribution is -2.49. The molecule has 0 spiro atoms. The molecule has 0 aliphatic carbocycles. The number of nitrogens with one attached hydrogen (secondary N) is 2. The topological polar surface area (TPSA) is 39.7 Å². The third kappa shape index (κ3) is 4.46. The summed E-state index contributed by atoms with van der Waals surface area (Å²) >= 11 is 3.99. The summed E-state index contributed by atoms with van der Waals surface area (Å²) in [5.74, 6) is 2.23. The average molecular weight is 367 g/mol. The van der Waals surface area contributed by atoms with Gasteiger partial charge in [-0.1, -0.05) is 0 Å². The first-order chi connectivity index (χ1) is 11.6. The van der Waals surface area contributed by atoms with Crippen LogP contribution in [0, 0.1) is 0 Å². The van der Waals surface area contributed by atoms with E-state index in [0.717, 1.165) is 32.1 Å². The molecular formula is C18H30N4S2. The van der Waals surface area contributed by atoms with Crippen molar-refractivity contribution in [2.45, 2.75) is 50.4 Å². The third-order valence-electron chi connectivity index (χ3n) is 5.18. The van der Waals surface area contributed by atoms with Gasteiger partial charge in [0, 0.05) is 48.9 Å². The lowest BCUT2D eigenvalue weighted by atomic mass is 10.1. The van der Waals surface area contributed by atoms with Gasteiger partial charge in [0.05, 0.1) is 0 Å². The first-order valence-electron chi connectivity index (χ1n) is 8.97. The molecule has 0 bridgehead atoms. The first-order valence-corrected chi connectivity index (χ1v) is 10.8. The molecule has 0 aromatic carbocycles. The van der Waals surface area contributed by atoms with E-state index in [0.29, 0.717) is 10.8 Å². The molecule has 24 heavy (non-hydrogen) atoms. The van der Waals surface area contributed by atoms with Gasteiger partial charge in [-0.2, -0.15) is 11.8 Å². The fraction of sp³-hybridized carbons (Fsp3) is 0.722. The second-order valence-corrected chi connectivity index (χ2v) is 9.83. The standard InChI is InChI=1S/C18H30N4S2/c1-14(22-8-5-16-15(12-22)6-10-23-16)11-20-17(19-3)21-13-18(2)7-4-9-24-18/h6,10,14H,4-5,7-9,11-13H2,1-3H3,(H2,19,20,21). The zero-order valence-electron chi connectivity index (χ0n) is 15.1. The lowest BCUT2D eigenvalue weighted by Gasteiger charge is -2.33. The Bertz CT molecular complexity index is 563. The summed E-state index contributed by atoms with van der Waals surface area (Å²) < 4.78 is 0.367. The Kier molecular flexibility index (Phi) is 6.11. The molecule has 1 aromatic heterocycles. The second-order valence-electron chi connectivity index (χ2n) is 7.15. The molecule has 2 N–H and O–H groups in total. The molecule has 1 aromatic rings. The van der Waals surface area contributed by atoms with Crippen LogP contribution in [0.1, 0.15) is 37.1 Å². The summed E-state index contributed by atoms with van der Waals surface area (Å²) in [7, 11) is 1.86. The van der Waals surface area contributed by atoms with E-state index in [4.69, 9.17) is 0 Å². The van der Waals surface area contributed by atoms with E-state index in [1.165, 1.54) is 30.6 Å². The van der Waals surface area contributed by atoms with E-state index in [1.807, 2.05) is 18.4 Å². The Morgan fingerprint density at radius 3 is 3.08 bits per heavy atom. The fourth-order valence-corrected chi connectivity index (χ4v) is 5.62. The van der Waals surface area contributed by atoms with Crippen LogP contribution in [0.4, 0.5) is 0 Å². The highest BCUT2D eigenvalue weighted by Crippen LogP contribution is 2.36. The molecule has 2 aliphatic rings.